The van der Waals surface area contributed by atoms with Crippen LogP contribution in [0.2, 0.25) is 5.02 Å². The van der Waals surface area contributed by atoms with Gasteiger partial charge in [-0.25, -0.2) is 4.79 Å². The lowest BCUT2D eigenvalue weighted by molar-refractivity contribution is -0.135. The number of Topliss-reactive ketones (excluding diaryl/α,β-unsaturated/α-hetero) is 1. The zero-order valence-electron chi connectivity index (χ0n) is 14.6. The van der Waals surface area contributed by atoms with Crippen LogP contribution in [-0.4, -0.2) is 28.8 Å². The van der Waals surface area contributed by atoms with Gasteiger partial charge in [-0.05, 0) is 23.8 Å². The van der Waals surface area contributed by atoms with Crippen molar-refractivity contribution in [1.29, 1.82) is 0 Å². The van der Waals surface area contributed by atoms with Crippen molar-refractivity contribution >= 4 is 40.2 Å². The van der Waals surface area contributed by atoms with Crippen LogP contribution in [-0.2, 0) is 20.9 Å². The van der Waals surface area contributed by atoms with Gasteiger partial charge in [0.25, 0.3) is 11.7 Å². The van der Waals surface area contributed by atoms with Gasteiger partial charge in [0.1, 0.15) is 6.61 Å². The third-order valence-corrected chi connectivity index (χ3v) is 4.69. The third kappa shape index (κ3) is 3.54. The van der Waals surface area contributed by atoms with Crippen molar-refractivity contribution in [2.45, 2.75) is 6.54 Å². The number of carbonyl (C=O) groups excluding carboxylic acids is 3. The molecule has 1 N–H and O–H groups in total. The molecule has 6 nitrogen and oxygen atoms in total. The highest BCUT2D eigenvalue weighted by Gasteiger charge is 2.24. The minimum atomic E-state index is -0.807. The van der Waals surface area contributed by atoms with Gasteiger partial charge in [-0.3, -0.25) is 9.59 Å². The molecule has 0 spiro atoms. The molecule has 1 aliphatic rings. The van der Waals surface area contributed by atoms with E-state index in [1.54, 1.807) is 24.4 Å². The van der Waals surface area contributed by atoms with Crippen molar-refractivity contribution < 1.29 is 19.1 Å². The number of benzene rings is 2. The minimum absolute atomic E-state index is 0.0455. The van der Waals surface area contributed by atoms with E-state index in [0.717, 1.165) is 17.2 Å². The molecule has 0 saturated heterocycles. The van der Waals surface area contributed by atoms with Crippen LogP contribution in [0.1, 0.15) is 15.9 Å². The number of para-hydroxylation sites is 1. The van der Waals surface area contributed by atoms with Gasteiger partial charge in [0.15, 0.2) is 0 Å². The number of ketones is 1. The SMILES string of the molecule is O=C1C=C(NC(=O)C(=O)c2cn(Cc3ccc(Cl)cc3)c3ccccc23)CO1. The Bertz CT molecular complexity index is 1130. The molecule has 1 amide bonds. The van der Waals surface area contributed by atoms with Gasteiger partial charge in [-0.15, -0.1) is 0 Å². The second-order valence-electron chi connectivity index (χ2n) is 6.37. The average Bonchev–Trinajstić information content (AvgIpc) is 3.27. The van der Waals surface area contributed by atoms with E-state index < -0.39 is 17.7 Å². The predicted molar refractivity (Wildman–Crippen MR) is 104 cm³/mol. The molecule has 1 aromatic heterocycles. The van der Waals surface area contributed by atoms with Crippen LogP contribution in [0.4, 0.5) is 0 Å². The summed E-state index contributed by atoms with van der Waals surface area (Å²) in [6, 6.07) is 14.8. The van der Waals surface area contributed by atoms with Gasteiger partial charge < -0.3 is 14.6 Å². The molecular weight excluding hydrogens is 380 g/mol. The first-order chi connectivity index (χ1) is 13.5. The Kier molecular flexibility index (Phi) is 4.71. The lowest BCUT2D eigenvalue weighted by Crippen LogP contribution is -2.31. The summed E-state index contributed by atoms with van der Waals surface area (Å²) in [6.07, 6.45) is 2.83. The van der Waals surface area contributed by atoms with E-state index in [1.165, 1.54) is 0 Å². The van der Waals surface area contributed by atoms with Crippen molar-refractivity contribution in [1.82, 2.24) is 9.88 Å². The van der Waals surface area contributed by atoms with Crippen LogP contribution < -0.4 is 5.32 Å². The van der Waals surface area contributed by atoms with Crippen LogP contribution in [0.5, 0.6) is 0 Å². The van der Waals surface area contributed by atoms with Gasteiger partial charge >= 0.3 is 5.97 Å². The van der Waals surface area contributed by atoms with E-state index in [1.807, 2.05) is 34.9 Å². The molecule has 0 saturated carbocycles. The number of fused-ring (bicyclic) bond motifs is 1. The number of amides is 1. The number of nitrogens with one attached hydrogen (secondary N) is 1. The van der Waals surface area contributed by atoms with Crippen molar-refractivity contribution in [3.05, 3.63) is 82.7 Å². The number of cyclic esters (lactones) is 1. The third-order valence-electron chi connectivity index (χ3n) is 4.44. The largest absolute Gasteiger partial charge is 0.456 e. The molecule has 2 aromatic carbocycles. The van der Waals surface area contributed by atoms with E-state index in [2.05, 4.69) is 5.32 Å². The molecule has 3 aromatic rings. The summed E-state index contributed by atoms with van der Waals surface area (Å²) < 4.78 is 6.65. The number of ether oxygens (including phenoxy) is 1. The van der Waals surface area contributed by atoms with Crippen LogP contribution >= 0.6 is 11.6 Å². The molecule has 0 fully saturated rings. The summed E-state index contributed by atoms with van der Waals surface area (Å²) in [5, 5.41) is 3.78. The summed E-state index contributed by atoms with van der Waals surface area (Å²) in [5.41, 5.74) is 2.42. The Balaban J connectivity index is 1.64. The molecule has 4 rings (SSSR count). The van der Waals surface area contributed by atoms with Gasteiger partial charge in [0.2, 0.25) is 0 Å². The maximum atomic E-state index is 12.7. The highest BCUT2D eigenvalue weighted by atomic mass is 35.5. The van der Waals surface area contributed by atoms with Gasteiger partial charge in [-0.2, -0.15) is 0 Å². The molecule has 0 aliphatic carbocycles. The second-order valence-corrected chi connectivity index (χ2v) is 6.81. The highest BCUT2D eigenvalue weighted by molar-refractivity contribution is 6.45. The first-order valence-electron chi connectivity index (χ1n) is 8.56. The van der Waals surface area contributed by atoms with E-state index >= 15 is 0 Å². The molecule has 140 valence electrons. The maximum Gasteiger partial charge on any atom is 0.333 e. The molecule has 0 bridgehead atoms. The molecule has 0 atom stereocenters. The number of carbonyl (C=O) groups is 3. The van der Waals surface area contributed by atoms with Crippen LogP contribution in [0.15, 0.2) is 66.5 Å². The number of hydrogen-bond acceptors (Lipinski definition) is 4. The van der Waals surface area contributed by atoms with Gasteiger partial charge in [0, 0.05) is 34.7 Å². The molecule has 0 radical (unpaired) electrons. The summed E-state index contributed by atoms with van der Waals surface area (Å²) in [5.74, 6) is -2.02. The second kappa shape index (κ2) is 7.32. The van der Waals surface area contributed by atoms with E-state index in [4.69, 9.17) is 16.3 Å². The van der Waals surface area contributed by atoms with E-state index in [0.29, 0.717) is 22.5 Å². The number of aromatic nitrogens is 1. The summed E-state index contributed by atoms with van der Waals surface area (Å²) >= 11 is 5.94. The molecule has 1 aliphatic heterocycles. The van der Waals surface area contributed by atoms with E-state index in [-0.39, 0.29) is 12.3 Å². The van der Waals surface area contributed by atoms with Gasteiger partial charge in [0.05, 0.1) is 11.3 Å². The average molecular weight is 395 g/mol. The highest BCUT2D eigenvalue weighted by Crippen LogP contribution is 2.23. The van der Waals surface area contributed by atoms with Crippen molar-refractivity contribution in [2.24, 2.45) is 0 Å². The number of halogens is 1. The number of esters is 1. The van der Waals surface area contributed by atoms with Crippen LogP contribution in [0, 0.1) is 0 Å². The number of hydrogen-bond donors (Lipinski definition) is 1. The van der Waals surface area contributed by atoms with Crippen LogP contribution in [0.3, 0.4) is 0 Å². The Morgan fingerprint density at radius 1 is 1.11 bits per heavy atom. The zero-order chi connectivity index (χ0) is 19.7. The Labute approximate surface area is 165 Å². The maximum absolute atomic E-state index is 12.7. The number of nitrogens with zero attached hydrogens (tertiary/aromatic N) is 1. The molecule has 7 heteroatoms. The predicted octanol–water partition coefficient (Wildman–Crippen LogP) is 3.08. The van der Waals surface area contributed by atoms with Crippen LogP contribution in [0.25, 0.3) is 10.9 Å². The fourth-order valence-corrected chi connectivity index (χ4v) is 3.24. The summed E-state index contributed by atoms with van der Waals surface area (Å²) in [7, 11) is 0. The van der Waals surface area contributed by atoms with Crippen molar-refractivity contribution in [2.75, 3.05) is 6.61 Å². The molecule has 2 heterocycles. The lowest BCUT2D eigenvalue weighted by Gasteiger charge is -2.05. The van der Waals surface area contributed by atoms with Crippen molar-refractivity contribution in [3.63, 3.8) is 0 Å². The van der Waals surface area contributed by atoms with E-state index in [9.17, 15) is 14.4 Å². The fourth-order valence-electron chi connectivity index (χ4n) is 3.12. The summed E-state index contributed by atoms with van der Waals surface area (Å²) in [6.45, 7) is 0.482. The molecule has 0 unspecified atom stereocenters. The smallest absolute Gasteiger partial charge is 0.333 e. The normalized spacial score (nSPS) is 13.3. The Morgan fingerprint density at radius 3 is 2.57 bits per heavy atom. The standard InChI is InChI=1S/C21H15ClN2O4/c22-14-7-5-13(6-8-14)10-24-11-17(16-3-1-2-4-18(16)24)20(26)21(27)23-15-9-19(25)28-12-15/h1-9,11H,10,12H2,(H,23,27). The lowest BCUT2D eigenvalue weighted by atomic mass is 10.1. The Hall–Kier alpha value is -3.38. The quantitative estimate of drug-likeness (QED) is 0.410. The number of rotatable bonds is 5. The zero-order valence-corrected chi connectivity index (χ0v) is 15.4. The van der Waals surface area contributed by atoms with Crippen molar-refractivity contribution in [3.8, 4) is 0 Å². The fraction of sp³-hybridized carbons (Fsp3) is 0.0952. The summed E-state index contributed by atoms with van der Waals surface area (Å²) in [4.78, 5) is 36.2. The first kappa shape index (κ1) is 18.0. The minimum Gasteiger partial charge on any atom is -0.456 e. The first-order valence-corrected chi connectivity index (χ1v) is 8.94. The Morgan fingerprint density at radius 2 is 1.86 bits per heavy atom. The molecular formula is C21H15ClN2O4. The molecule has 28 heavy (non-hydrogen) atoms. The van der Waals surface area contributed by atoms with Gasteiger partial charge in [-0.1, -0.05) is 41.9 Å². The topological polar surface area (TPSA) is 77.4 Å². The monoisotopic (exact) mass is 394 g/mol.